The molecule has 3 aliphatic rings. The number of anilines is 3. The van der Waals surface area contributed by atoms with Gasteiger partial charge in [-0.05, 0) is 67.1 Å². The highest BCUT2D eigenvalue weighted by Crippen LogP contribution is 2.31. The van der Waals surface area contributed by atoms with Crippen molar-refractivity contribution in [1.82, 2.24) is 24.5 Å². The highest BCUT2D eigenvalue weighted by Gasteiger charge is 2.44. The summed E-state index contributed by atoms with van der Waals surface area (Å²) >= 11 is 0. The fourth-order valence-electron chi connectivity index (χ4n) is 6.72. The number of imide groups is 2. The van der Waals surface area contributed by atoms with Gasteiger partial charge in [0.2, 0.25) is 21.8 Å². The van der Waals surface area contributed by atoms with Crippen molar-refractivity contribution in [3.63, 3.8) is 0 Å². The minimum absolute atomic E-state index is 0.0219. The number of piperazine rings is 1. The summed E-state index contributed by atoms with van der Waals surface area (Å²) in [4.78, 5) is 61.2. The van der Waals surface area contributed by atoms with Crippen molar-refractivity contribution in [1.29, 1.82) is 5.26 Å². The van der Waals surface area contributed by atoms with Gasteiger partial charge < -0.3 is 24.4 Å². The minimum atomic E-state index is -3.51. The van der Waals surface area contributed by atoms with Gasteiger partial charge in [-0.15, -0.1) is 0 Å². The summed E-state index contributed by atoms with van der Waals surface area (Å²) in [6.07, 6.45) is 1.58. The Bertz CT molecular complexity index is 2310. The smallest absolute Gasteiger partial charge is 0.262 e. The Kier molecular flexibility index (Phi) is 11.5. The maximum atomic E-state index is 13.0. The standard InChI is InChI=1S/C38H38N8O9S/c39-23-25-1-8-32-31(21-25)35(41-24-40-32)42-26-2-4-27(5-3-26)44-11-13-45(14-12-44)56(51,52)20-19-54-16-15-53-17-18-55-28-6-7-29-30(22-28)38(50)46(37(29)49)33-9-10-34(47)43-36(33)48/h1-8,21-22,24,33H,9-20H2,(H,40,41,42)(H,43,47,48). The van der Waals surface area contributed by atoms with Crippen LogP contribution >= 0.6 is 0 Å². The molecule has 2 saturated heterocycles. The van der Waals surface area contributed by atoms with Gasteiger partial charge in [0.05, 0.1) is 60.5 Å². The van der Waals surface area contributed by atoms with E-state index in [0.717, 1.165) is 27.2 Å². The Hall–Kier alpha value is -6.00. The molecule has 56 heavy (non-hydrogen) atoms. The predicted octanol–water partition coefficient (Wildman–Crippen LogP) is 2.21. The van der Waals surface area contributed by atoms with Crippen molar-refractivity contribution in [2.24, 2.45) is 0 Å². The zero-order chi connectivity index (χ0) is 39.2. The molecule has 3 aromatic carbocycles. The molecule has 18 heteroatoms. The first kappa shape index (κ1) is 38.3. The van der Waals surface area contributed by atoms with Gasteiger partial charge in [0.15, 0.2) is 0 Å². The Morgan fingerprint density at radius 2 is 1.57 bits per heavy atom. The van der Waals surface area contributed by atoms with Crippen LogP contribution in [0.5, 0.6) is 5.75 Å². The highest BCUT2D eigenvalue weighted by atomic mass is 32.2. The SMILES string of the molecule is N#Cc1ccc2ncnc(Nc3ccc(N4CCN(S(=O)(=O)CCOCCOCCOc5ccc6c(c5)C(=O)N(C5CCC(=O)NC5=O)C6=O)CC4)cc3)c2c1. The average molecular weight is 783 g/mol. The minimum Gasteiger partial charge on any atom is -0.491 e. The normalized spacial score (nSPS) is 17.5. The third kappa shape index (κ3) is 8.45. The van der Waals surface area contributed by atoms with Gasteiger partial charge in [0.1, 0.15) is 30.5 Å². The average Bonchev–Trinajstić information content (AvgIpc) is 3.45. The second-order valence-corrected chi connectivity index (χ2v) is 15.3. The molecule has 4 aromatic rings. The van der Waals surface area contributed by atoms with E-state index < -0.39 is 39.7 Å². The second-order valence-electron chi connectivity index (χ2n) is 13.2. The molecule has 0 bridgehead atoms. The third-order valence-corrected chi connectivity index (χ3v) is 11.5. The number of carbonyl (C=O) groups excluding carboxylic acids is 4. The lowest BCUT2D eigenvalue weighted by molar-refractivity contribution is -0.136. The van der Waals surface area contributed by atoms with Crippen molar-refractivity contribution in [2.45, 2.75) is 18.9 Å². The van der Waals surface area contributed by atoms with Gasteiger partial charge in [-0.2, -0.15) is 9.57 Å². The van der Waals surface area contributed by atoms with E-state index in [-0.39, 0.29) is 62.8 Å². The third-order valence-electron chi connectivity index (χ3n) is 9.66. The number of sulfonamides is 1. The zero-order valence-corrected chi connectivity index (χ0v) is 31.0. The Morgan fingerprint density at radius 1 is 0.839 bits per heavy atom. The molecule has 17 nitrogen and oxygen atoms in total. The molecule has 0 saturated carbocycles. The maximum absolute atomic E-state index is 13.0. The number of aromatic nitrogens is 2. The van der Waals surface area contributed by atoms with Crippen LogP contribution in [0.2, 0.25) is 0 Å². The van der Waals surface area contributed by atoms with Gasteiger partial charge >= 0.3 is 0 Å². The number of piperidine rings is 1. The molecule has 2 fully saturated rings. The van der Waals surface area contributed by atoms with E-state index >= 15 is 0 Å². The molecule has 290 valence electrons. The number of hydrogen-bond donors (Lipinski definition) is 2. The molecule has 4 heterocycles. The molecule has 0 radical (unpaired) electrons. The first-order valence-electron chi connectivity index (χ1n) is 18.0. The van der Waals surface area contributed by atoms with Gasteiger partial charge in [-0.25, -0.2) is 18.4 Å². The lowest BCUT2D eigenvalue weighted by Gasteiger charge is -2.35. The molecular formula is C38H38N8O9S. The van der Waals surface area contributed by atoms with Gasteiger partial charge in [0, 0.05) is 49.4 Å². The van der Waals surface area contributed by atoms with Gasteiger partial charge in [0.25, 0.3) is 11.8 Å². The van der Waals surface area contributed by atoms with E-state index in [2.05, 4.69) is 31.6 Å². The summed E-state index contributed by atoms with van der Waals surface area (Å²) in [5.74, 6) is -1.54. The number of rotatable bonds is 15. The fourth-order valence-corrected chi connectivity index (χ4v) is 8.02. The quantitative estimate of drug-likeness (QED) is 0.131. The fraction of sp³-hybridized carbons (Fsp3) is 0.342. The summed E-state index contributed by atoms with van der Waals surface area (Å²) in [6, 6.07) is 18.6. The molecule has 0 aliphatic carbocycles. The van der Waals surface area contributed by atoms with Crippen LogP contribution in [0.15, 0.2) is 67.0 Å². The lowest BCUT2D eigenvalue weighted by Crippen LogP contribution is -2.54. The van der Waals surface area contributed by atoms with E-state index in [1.54, 1.807) is 24.3 Å². The number of fused-ring (bicyclic) bond motifs is 2. The molecule has 1 atom stereocenters. The number of amides is 4. The van der Waals surface area contributed by atoms with E-state index in [4.69, 9.17) is 14.2 Å². The second kappa shape index (κ2) is 16.8. The number of carbonyl (C=O) groups is 4. The number of ether oxygens (including phenoxy) is 3. The molecular weight excluding hydrogens is 745 g/mol. The first-order chi connectivity index (χ1) is 27.1. The van der Waals surface area contributed by atoms with Crippen molar-refractivity contribution in [3.8, 4) is 11.8 Å². The van der Waals surface area contributed by atoms with Crippen LogP contribution in [0.1, 0.15) is 39.1 Å². The molecule has 3 aliphatic heterocycles. The molecule has 0 spiro atoms. The highest BCUT2D eigenvalue weighted by molar-refractivity contribution is 7.89. The Balaban J connectivity index is 0.778. The summed E-state index contributed by atoms with van der Waals surface area (Å²) in [7, 11) is -3.51. The van der Waals surface area contributed by atoms with Crippen LogP contribution in [0.4, 0.5) is 17.2 Å². The number of hydrogen-bond acceptors (Lipinski definition) is 14. The van der Waals surface area contributed by atoms with Crippen molar-refractivity contribution in [3.05, 3.63) is 83.7 Å². The van der Waals surface area contributed by atoms with Crippen LogP contribution in [0.25, 0.3) is 10.9 Å². The molecule has 1 unspecified atom stereocenters. The largest absolute Gasteiger partial charge is 0.491 e. The van der Waals surface area contributed by atoms with E-state index in [9.17, 15) is 32.9 Å². The summed E-state index contributed by atoms with van der Waals surface area (Å²) < 4.78 is 44.2. The van der Waals surface area contributed by atoms with Crippen molar-refractivity contribution < 1.29 is 41.8 Å². The van der Waals surface area contributed by atoms with E-state index in [0.29, 0.717) is 43.3 Å². The number of benzene rings is 3. The number of nitrogens with zero attached hydrogens (tertiary/aromatic N) is 6. The van der Waals surface area contributed by atoms with Crippen molar-refractivity contribution >= 4 is 61.7 Å². The number of nitrogens with one attached hydrogen (secondary N) is 2. The molecule has 4 amide bonds. The summed E-state index contributed by atoms with van der Waals surface area (Å²) in [5, 5.41) is 15.5. The maximum Gasteiger partial charge on any atom is 0.262 e. The lowest BCUT2D eigenvalue weighted by atomic mass is 10.0. The summed E-state index contributed by atoms with van der Waals surface area (Å²) in [5.41, 5.74) is 3.31. The van der Waals surface area contributed by atoms with Gasteiger partial charge in [-0.1, -0.05) is 0 Å². The zero-order valence-electron chi connectivity index (χ0n) is 30.2. The van der Waals surface area contributed by atoms with Crippen LogP contribution in [0.3, 0.4) is 0 Å². The molecule has 1 aromatic heterocycles. The van der Waals surface area contributed by atoms with Crippen LogP contribution in [-0.4, -0.2) is 122 Å². The number of nitriles is 1. The van der Waals surface area contributed by atoms with Crippen molar-refractivity contribution in [2.75, 3.05) is 75.2 Å². The Morgan fingerprint density at radius 3 is 2.32 bits per heavy atom. The van der Waals surface area contributed by atoms with E-state index in [1.165, 1.54) is 22.8 Å². The monoisotopic (exact) mass is 782 g/mol. The summed E-state index contributed by atoms with van der Waals surface area (Å²) in [6.45, 7) is 2.55. The van der Waals surface area contributed by atoms with Crippen LogP contribution in [-0.2, 0) is 29.1 Å². The molecule has 7 rings (SSSR count). The first-order valence-corrected chi connectivity index (χ1v) is 19.6. The van der Waals surface area contributed by atoms with Crippen LogP contribution in [0, 0.1) is 11.3 Å². The van der Waals surface area contributed by atoms with E-state index in [1.807, 2.05) is 24.3 Å². The molecule has 2 N–H and O–H groups in total. The van der Waals surface area contributed by atoms with Crippen LogP contribution < -0.4 is 20.3 Å². The van der Waals surface area contributed by atoms with Gasteiger partial charge in [-0.3, -0.25) is 29.4 Å². The predicted molar refractivity (Wildman–Crippen MR) is 202 cm³/mol. The Labute approximate surface area is 322 Å². The topological polar surface area (TPSA) is 213 Å².